The van der Waals surface area contributed by atoms with Gasteiger partial charge in [-0.1, -0.05) is 90.4 Å². The predicted octanol–water partition coefficient (Wildman–Crippen LogP) is 6.20. The summed E-state index contributed by atoms with van der Waals surface area (Å²) in [7, 11) is 0. The first-order chi connectivity index (χ1) is 24.8. The third-order valence-corrected chi connectivity index (χ3v) is 7.52. The Morgan fingerprint density at radius 2 is 0.480 bits per heavy atom. The Bertz CT molecular complexity index is 629. The first-order valence-corrected chi connectivity index (χ1v) is 19.7. The van der Waals surface area contributed by atoms with E-state index in [4.69, 9.17) is 52.1 Å². The van der Waals surface area contributed by atoms with Gasteiger partial charge in [-0.05, 0) is 6.42 Å². The number of carbonyl (C=O) groups excluding carboxylic acids is 1. The van der Waals surface area contributed by atoms with Crippen LogP contribution < -0.4 is 0 Å². The minimum Gasteiger partial charge on any atom is -0.463 e. The summed E-state index contributed by atoms with van der Waals surface area (Å²) in [5, 5.41) is 0. The molecule has 0 aliphatic rings. The smallest absolute Gasteiger partial charge is 0.302 e. The second-order valence-electron chi connectivity index (χ2n) is 12.1. The Morgan fingerprint density at radius 3 is 0.720 bits per heavy atom. The third kappa shape index (κ3) is 47.1. The SMILES string of the molecule is CCCCCCCCCCCCCCCCOCCOCCOCCOCCOCCOCCOCCOCCOCCOCCOC(C)=O. The molecule has 0 spiro atoms. The molecule has 50 heavy (non-hydrogen) atoms. The van der Waals surface area contributed by atoms with E-state index in [9.17, 15) is 4.79 Å². The van der Waals surface area contributed by atoms with Gasteiger partial charge in [0.2, 0.25) is 0 Å². The Balaban J connectivity index is 3.05. The van der Waals surface area contributed by atoms with Crippen molar-refractivity contribution in [2.45, 2.75) is 104 Å². The van der Waals surface area contributed by atoms with E-state index >= 15 is 0 Å². The third-order valence-electron chi connectivity index (χ3n) is 7.52. The summed E-state index contributed by atoms with van der Waals surface area (Å²) in [4.78, 5) is 10.6. The molecule has 0 unspecified atom stereocenters. The van der Waals surface area contributed by atoms with Crippen LogP contribution in [0.5, 0.6) is 0 Å². The van der Waals surface area contributed by atoms with Crippen molar-refractivity contribution in [1.82, 2.24) is 0 Å². The van der Waals surface area contributed by atoms with Gasteiger partial charge < -0.3 is 52.1 Å². The summed E-state index contributed by atoms with van der Waals surface area (Å²) in [6, 6.07) is 0. The van der Waals surface area contributed by atoms with Gasteiger partial charge in [-0.3, -0.25) is 4.79 Å². The average molecular weight is 725 g/mol. The fourth-order valence-corrected chi connectivity index (χ4v) is 4.72. The number of ether oxygens (including phenoxy) is 11. The fraction of sp³-hybridized carbons (Fsp3) is 0.974. The standard InChI is InChI=1S/C38H76O12/c1-3-4-5-6-7-8-9-10-11-12-13-14-15-16-17-40-18-19-41-20-21-42-22-23-43-24-25-44-26-27-45-28-29-46-30-31-47-32-33-48-34-35-49-36-37-50-38(2)39/h3-37H2,1-2H3. The topological polar surface area (TPSA) is 119 Å². The van der Waals surface area contributed by atoms with Crippen molar-refractivity contribution in [3.05, 3.63) is 0 Å². The number of hydrogen-bond acceptors (Lipinski definition) is 12. The molecule has 0 aliphatic heterocycles. The zero-order valence-corrected chi connectivity index (χ0v) is 32.1. The van der Waals surface area contributed by atoms with Gasteiger partial charge in [-0.15, -0.1) is 0 Å². The largest absolute Gasteiger partial charge is 0.463 e. The summed E-state index contributed by atoms with van der Waals surface area (Å²) >= 11 is 0. The van der Waals surface area contributed by atoms with E-state index < -0.39 is 0 Å². The van der Waals surface area contributed by atoms with Crippen LogP contribution in [-0.2, 0) is 56.9 Å². The molecule has 0 heterocycles. The van der Waals surface area contributed by atoms with Crippen LogP contribution in [0.25, 0.3) is 0 Å². The Morgan fingerprint density at radius 1 is 0.280 bits per heavy atom. The molecule has 0 radical (unpaired) electrons. The molecule has 12 nitrogen and oxygen atoms in total. The van der Waals surface area contributed by atoms with Crippen LogP contribution in [0.4, 0.5) is 0 Å². The lowest BCUT2D eigenvalue weighted by molar-refractivity contribution is -0.142. The second-order valence-corrected chi connectivity index (χ2v) is 12.1. The lowest BCUT2D eigenvalue weighted by Gasteiger charge is -2.09. The maximum atomic E-state index is 10.6. The van der Waals surface area contributed by atoms with Gasteiger partial charge in [0.1, 0.15) is 6.61 Å². The molecule has 0 atom stereocenters. The van der Waals surface area contributed by atoms with E-state index in [0.29, 0.717) is 126 Å². The number of rotatable bonds is 45. The zero-order valence-electron chi connectivity index (χ0n) is 32.1. The summed E-state index contributed by atoms with van der Waals surface area (Å²) in [6.07, 6.45) is 19.2. The highest BCUT2D eigenvalue weighted by atomic mass is 16.6. The molecular weight excluding hydrogens is 648 g/mol. The highest BCUT2D eigenvalue weighted by Crippen LogP contribution is 2.13. The van der Waals surface area contributed by atoms with Crippen LogP contribution in [0.2, 0.25) is 0 Å². The number of carbonyl (C=O) groups is 1. The molecule has 0 fully saturated rings. The highest BCUT2D eigenvalue weighted by Gasteiger charge is 1.98. The number of hydrogen-bond donors (Lipinski definition) is 0. The van der Waals surface area contributed by atoms with E-state index in [-0.39, 0.29) is 12.6 Å². The second kappa shape index (κ2) is 46.1. The van der Waals surface area contributed by atoms with Gasteiger partial charge in [0.25, 0.3) is 0 Å². The van der Waals surface area contributed by atoms with E-state index in [2.05, 4.69) is 6.92 Å². The van der Waals surface area contributed by atoms with Crippen molar-refractivity contribution >= 4 is 5.97 Å². The van der Waals surface area contributed by atoms with Crippen LogP contribution in [0, 0.1) is 0 Å². The maximum absolute atomic E-state index is 10.6. The molecule has 0 bridgehead atoms. The van der Waals surface area contributed by atoms with Crippen molar-refractivity contribution in [2.75, 3.05) is 139 Å². The summed E-state index contributed by atoms with van der Waals surface area (Å²) < 4.78 is 59.6. The van der Waals surface area contributed by atoms with Crippen molar-refractivity contribution in [2.24, 2.45) is 0 Å². The molecule has 0 aromatic heterocycles. The van der Waals surface area contributed by atoms with Gasteiger partial charge >= 0.3 is 5.97 Å². The van der Waals surface area contributed by atoms with E-state index in [1.165, 1.54) is 90.4 Å². The number of esters is 1. The zero-order chi connectivity index (χ0) is 36.1. The quantitative estimate of drug-likeness (QED) is 0.0526. The minimum absolute atomic E-state index is 0.262. The van der Waals surface area contributed by atoms with Crippen LogP contribution >= 0.6 is 0 Å². The Labute approximate surface area is 305 Å². The van der Waals surface area contributed by atoms with Gasteiger partial charge in [0.05, 0.1) is 126 Å². The minimum atomic E-state index is -0.307. The van der Waals surface area contributed by atoms with Crippen molar-refractivity contribution in [1.29, 1.82) is 0 Å². The Kier molecular flexibility index (Phi) is 45.2. The maximum Gasteiger partial charge on any atom is 0.302 e. The molecule has 0 aliphatic carbocycles. The van der Waals surface area contributed by atoms with Crippen molar-refractivity contribution in [3.63, 3.8) is 0 Å². The lowest BCUT2D eigenvalue weighted by Crippen LogP contribution is -2.15. The van der Waals surface area contributed by atoms with Gasteiger partial charge in [-0.2, -0.15) is 0 Å². The average Bonchev–Trinajstić information content (AvgIpc) is 3.11. The van der Waals surface area contributed by atoms with Crippen molar-refractivity contribution < 1.29 is 56.9 Å². The van der Waals surface area contributed by atoms with E-state index in [1.807, 2.05) is 0 Å². The lowest BCUT2D eigenvalue weighted by atomic mass is 10.0. The normalized spacial score (nSPS) is 11.5. The summed E-state index contributed by atoms with van der Waals surface area (Å²) in [5.74, 6) is -0.307. The molecule has 0 aromatic carbocycles. The van der Waals surface area contributed by atoms with Crippen LogP contribution in [0.3, 0.4) is 0 Å². The first kappa shape index (κ1) is 49.1. The molecule has 300 valence electrons. The summed E-state index contributed by atoms with van der Waals surface area (Å²) in [6.45, 7) is 14.6. The van der Waals surface area contributed by atoms with Gasteiger partial charge in [0.15, 0.2) is 0 Å². The molecular formula is C38H76O12. The molecule has 12 heteroatoms. The van der Waals surface area contributed by atoms with E-state index in [0.717, 1.165) is 13.0 Å². The highest BCUT2D eigenvalue weighted by molar-refractivity contribution is 5.65. The molecule has 0 saturated carbocycles. The van der Waals surface area contributed by atoms with Gasteiger partial charge in [0, 0.05) is 13.5 Å². The van der Waals surface area contributed by atoms with Gasteiger partial charge in [-0.25, -0.2) is 0 Å². The molecule has 0 N–H and O–H groups in total. The van der Waals surface area contributed by atoms with Crippen molar-refractivity contribution in [3.8, 4) is 0 Å². The van der Waals surface area contributed by atoms with E-state index in [1.54, 1.807) is 0 Å². The molecule has 0 rings (SSSR count). The van der Waals surface area contributed by atoms with Crippen LogP contribution in [0.1, 0.15) is 104 Å². The van der Waals surface area contributed by atoms with Crippen LogP contribution in [-0.4, -0.2) is 145 Å². The van der Waals surface area contributed by atoms with Crippen LogP contribution in [0.15, 0.2) is 0 Å². The molecule has 0 saturated heterocycles. The first-order valence-electron chi connectivity index (χ1n) is 19.7. The monoisotopic (exact) mass is 725 g/mol. The number of unbranched alkanes of at least 4 members (excludes halogenated alkanes) is 13. The Hall–Kier alpha value is -0.930. The predicted molar refractivity (Wildman–Crippen MR) is 195 cm³/mol. The summed E-state index contributed by atoms with van der Waals surface area (Å²) in [5.41, 5.74) is 0. The fourth-order valence-electron chi connectivity index (χ4n) is 4.72. The molecule has 0 aromatic rings. The molecule has 0 amide bonds.